The largest absolute Gasteiger partial charge is 0.0959 e. The van der Waals surface area contributed by atoms with Gasteiger partial charge in [-0.05, 0) is 31.4 Å². The van der Waals surface area contributed by atoms with E-state index in [0.29, 0.717) is 0 Å². The van der Waals surface area contributed by atoms with Crippen molar-refractivity contribution in [2.45, 2.75) is 38.0 Å². The van der Waals surface area contributed by atoms with Crippen LogP contribution in [0.25, 0.3) is 0 Å². The minimum absolute atomic E-state index is 0.115. The zero-order valence-electron chi connectivity index (χ0n) is 5.39. The molecular formula is C6H12ClP. The summed E-state index contributed by atoms with van der Waals surface area (Å²) < 4.78 is 0. The summed E-state index contributed by atoms with van der Waals surface area (Å²) in [5.41, 5.74) is 1.64. The molecule has 0 saturated carbocycles. The molecule has 0 spiro atoms. The monoisotopic (exact) mass is 150 g/mol. The lowest BCUT2D eigenvalue weighted by atomic mass is 10.2. The topological polar surface area (TPSA) is 0 Å². The third kappa shape index (κ3) is 1.17. The van der Waals surface area contributed by atoms with Gasteiger partial charge in [0, 0.05) is 0 Å². The van der Waals surface area contributed by atoms with E-state index in [1.54, 1.807) is 0 Å². The summed E-state index contributed by atoms with van der Waals surface area (Å²) in [5.74, 6) is 0. The highest BCUT2D eigenvalue weighted by Crippen LogP contribution is 2.58. The van der Waals surface area contributed by atoms with Gasteiger partial charge in [-0.1, -0.05) is 25.1 Å². The van der Waals surface area contributed by atoms with Crippen molar-refractivity contribution >= 4 is 18.5 Å². The lowest BCUT2D eigenvalue weighted by Crippen LogP contribution is -1.88. The van der Waals surface area contributed by atoms with Crippen molar-refractivity contribution in [1.82, 2.24) is 0 Å². The van der Waals surface area contributed by atoms with Crippen LogP contribution in [0.4, 0.5) is 0 Å². The maximum atomic E-state index is 6.08. The number of halogens is 1. The Balaban J connectivity index is 2.44. The van der Waals surface area contributed by atoms with Crippen molar-refractivity contribution in [2.75, 3.05) is 0 Å². The summed E-state index contributed by atoms with van der Waals surface area (Å²) >= 11 is 6.08. The summed E-state index contributed by atoms with van der Waals surface area (Å²) in [5, 5.41) is 0. The molecule has 0 aliphatic carbocycles. The second-order valence-electron chi connectivity index (χ2n) is 2.62. The summed E-state index contributed by atoms with van der Waals surface area (Å²) in [4.78, 5) is 0. The van der Waals surface area contributed by atoms with Crippen LogP contribution in [0.1, 0.15) is 26.7 Å². The van der Waals surface area contributed by atoms with Gasteiger partial charge in [0.25, 0.3) is 0 Å². The first-order chi connectivity index (χ1) is 3.72. The highest BCUT2D eigenvalue weighted by molar-refractivity contribution is 7.85. The average molecular weight is 151 g/mol. The first kappa shape index (κ1) is 6.83. The normalized spacial score (nSPS) is 40.9. The summed E-state index contributed by atoms with van der Waals surface area (Å²) in [6, 6.07) is 0. The fraction of sp³-hybridized carbons (Fsp3) is 1.00. The zero-order chi connectivity index (χ0) is 6.15. The molecule has 0 aromatic rings. The van der Waals surface area contributed by atoms with E-state index in [1.807, 2.05) is 0 Å². The van der Waals surface area contributed by atoms with Gasteiger partial charge in [-0.3, -0.25) is 0 Å². The molecule has 2 heteroatoms. The molecule has 48 valence electrons. The average Bonchev–Trinajstić information content (AvgIpc) is 1.98. The third-order valence-corrected chi connectivity index (χ3v) is 6.04. The fourth-order valence-corrected chi connectivity index (χ4v) is 3.41. The number of hydrogen-bond acceptors (Lipinski definition) is 0. The SMILES string of the molecule is C[C@H]1CC[C@H](C)P1Cl. The van der Waals surface area contributed by atoms with Gasteiger partial charge in [-0.2, -0.15) is 0 Å². The van der Waals surface area contributed by atoms with Crippen molar-refractivity contribution in [1.29, 1.82) is 0 Å². The molecule has 1 saturated heterocycles. The minimum atomic E-state index is -0.115. The van der Waals surface area contributed by atoms with E-state index >= 15 is 0 Å². The van der Waals surface area contributed by atoms with Gasteiger partial charge in [-0.15, -0.1) is 0 Å². The van der Waals surface area contributed by atoms with Crippen molar-refractivity contribution in [3.63, 3.8) is 0 Å². The highest BCUT2D eigenvalue weighted by Gasteiger charge is 2.27. The number of rotatable bonds is 0. The maximum Gasteiger partial charge on any atom is -0.00395 e. The summed E-state index contributed by atoms with van der Waals surface area (Å²) in [6.45, 7) is 4.53. The van der Waals surface area contributed by atoms with Crippen molar-refractivity contribution in [3.8, 4) is 0 Å². The van der Waals surface area contributed by atoms with Crippen LogP contribution >= 0.6 is 18.5 Å². The zero-order valence-corrected chi connectivity index (χ0v) is 7.04. The van der Waals surface area contributed by atoms with E-state index in [0.717, 1.165) is 11.3 Å². The van der Waals surface area contributed by atoms with Crippen LogP contribution in [0.2, 0.25) is 0 Å². The molecule has 0 radical (unpaired) electrons. The Bertz CT molecular complexity index is 74.6. The molecule has 0 N–H and O–H groups in total. The van der Waals surface area contributed by atoms with Gasteiger partial charge < -0.3 is 0 Å². The fourth-order valence-electron chi connectivity index (χ4n) is 1.16. The van der Waals surface area contributed by atoms with E-state index in [4.69, 9.17) is 11.2 Å². The van der Waals surface area contributed by atoms with Gasteiger partial charge in [0.15, 0.2) is 0 Å². The molecule has 0 unspecified atom stereocenters. The molecule has 8 heavy (non-hydrogen) atoms. The van der Waals surface area contributed by atoms with E-state index in [-0.39, 0.29) is 7.27 Å². The smallest absolute Gasteiger partial charge is 0.00395 e. The van der Waals surface area contributed by atoms with Crippen molar-refractivity contribution in [3.05, 3.63) is 0 Å². The second kappa shape index (κ2) is 2.54. The van der Waals surface area contributed by atoms with Gasteiger partial charge in [0.2, 0.25) is 0 Å². The quantitative estimate of drug-likeness (QED) is 0.466. The Morgan fingerprint density at radius 3 is 1.75 bits per heavy atom. The standard InChI is InChI=1S/C6H12ClP/c1-5-3-4-6(2)8(5)7/h5-6H,3-4H2,1-2H3/t5-,6-/m0/s1. The van der Waals surface area contributed by atoms with Gasteiger partial charge in [0.05, 0.1) is 0 Å². The van der Waals surface area contributed by atoms with E-state index < -0.39 is 0 Å². The lowest BCUT2D eigenvalue weighted by Gasteiger charge is -2.09. The van der Waals surface area contributed by atoms with Crippen LogP contribution in [-0.4, -0.2) is 11.3 Å². The first-order valence-corrected chi connectivity index (χ1v) is 5.54. The Hall–Kier alpha value is 0.720. The van der Waals surface area contributed by atoms with Crippen LogP contribution in [0, 0.1) is 0 Å². The molecule has 1 fully saturated rings. The van der Waals surface area contributed by atoms with Gasteiger partial charge in [-0.25, -0.2) is 0 Å². The summed E-state index contributed by atoms with van der Waals surface area (Å²) in [7, 11) is -0.115. The Labute approximate surface area is 57.2 Å². The molecule has 0 aromatic carbocycles. The van der Waals surface area contributed by atoms with E-state index in [1.165, 1.54) is 12.8 Å². The van der Waals surface area contributed by atoms with Crippen molar-refractivity contribution < 1.29 is 0 Å². The highest BCUT2D eigenvalue weighted by atomic mass is 35.7. The Kier molecular flexibility index (Phi) is 2.17. The van der Waals surface area contributed by atoms with Crippen LogP contribution in [0.5, 0.6) is 0 Å². The molecule has 0 aromatic heterocycles. The second-order valence-corrected chi connectivity index (χ2v) is 6.24. The Morgan fingerprint density at radius 1 is 1.25 bits per heavy atom. The molecular weight excluding hydrogens is 138 g/mol. The maximum absolute atomic E-state index is 6.08. The molecule has 1 heterocycles. The molecule has 1 rings (SSSR count). The van der Waals surface area contributed by atoms with Crippen LogP contribution in [-0.2, 0) is 0 Å². The number of hydrogen-bond donors (Lipinski definition) is 0. The molecule has 0 amide bonds. The van der Waals surface area contributed by atoms with Crippen LogP contribution < -0.4 is 0 Å². The first-order valence-electron chi connectivity index (χ1n) is 3.16. The van der Waals surface area contributed by atoms with Gasteiger partial charge >= 0.3 is 0 Å². The van der Waals surface area contributed by atoms with Gasteiger partial charge in [0.1, 0.15) is 0 Å². The van der Waals surface area contributed by atoms with Crippen LogP contribution in [0.15, 0.2) is 0 Å². The molecule has 1 aliphatic heterocycles. The predicted molar refractivity (Wildman–Crippen MR) is 40.9 cm³/mol. The third-order valence-electron chi connectivity index (χ3n) is 1.84. The van der Waals surface area contributed by atoms with E-state index in [9.17, 15) is 0 Å². The molecule has 0 bridgehead atoms. The Morgan fingerprint density at radius 2 is 1.62 bits per heavy atom. The lowest BCUT2D eigenvalue weighted by molar-refractivity contribution is 0.777. The van der Waals surface area contributed by atoms with Crippen molar-refractivity contribution in [2.24, 2.45) is 0 Å². The summed E-state index contributed by atoms with van der Waals surface area (Å²) in [6.07, 6.45) is 2.72. The van der Waals surface area contributed by atoms with E-state index in [2.05, 4.69) is 13.8 Å². The molecule has 2 atom stereocenters. The van der Waals surface area contributed by atoms with Crippen LogP contribution in [0.3, 0.4) is 0 Å². The predicted octanol–water partition coefficient (Wildman–Crippen LogP) is 3.19. The molecule has 0 nitrogen and oxygen atoms in total. The minimum Gasteiger partial charge on any atom is -0.0959 e. The molecule has 1 aliphatic rings.